The highest BCUT2D eigenvalue weighted by Crippen LogP contribution is 2.45. The Labute approximate surface area is 334 Å². The molecule has 0 fully saturated rings. The largest absolute Gasteiger partial charge is 0.456 e. The van der Waals surface area contributed by atoms with E-state index in [9.17, 15) is 0 Å². The first-order valence-corrected chi connectivity index (χ1v) is 19.7. The summed E-state index contributed by atoms with van der Waals surface area (Å²) in [6.07, 6.45) is 0. The topological polar surface area (TPSA) is 34.5 Å². The van der Waals surface area contributed by atoms with E-state index in [-0.39, 0.29) is 0 Å². The average molecular weight is 743 g/mol. The van der Waals surface area contributed by atoms with Gasteiger partial charge in [0.2, 0.25) is 0 Å². The summed E-state index contributed by atoms with van der Waals surface area (Å²) in [7, 11) is 0. The normalized spacial score (nSPS) is 11.8. The monoisotopic (exact) mass is 742 g/mol. The van der Waals surface area contributed by atoms with Crippen LogP contribution in [0.25, 0.3) is 93.6 Å². The van der Waals surface area contributed by atoms with Crippen molar-refractivity contribution in [1.29, 1.82) is 0 Å². The minimum absolute atomic E-state index is 0.856. The SMILES string of the molecule is c1ccc(-n2c3ccccc3c3ccccc32)c(-c2ccc(-c3ccc(N(c4ccc5oc6ccccc6c5c4)c4cccc5oc6ccccc6c45)cc3)cc2)c1. The van der Waals surface area contributed by atoms with E-state index in [2.05, 4.69) is 191 Å². The van der Waals surface area contributed by atoms with Gasteiger partial charge < -0.3 is 18.3 Å². The smallest absolute Gasteiger partial charge is 0.137 e. The molecule has 0 aliphatic heterocycles. The van der Waals surface area contributed by atoms with Gasteiger partial charge >= 0.3 is 0 Å². The molecule has 0 spiro atoms. The molecule has 4 heteroatoms. The molecule has 0 radical (unpaired) electrons. The quantitative estimate of drug-likeness (QED) is 0.170. The summed E-state index contributed by atoms with van der Waals surface area (Å²) in [5, 5.41) is 6.87. The number of rotatable bonds is 6. The van der Waals surface area contributed by atoms with Crippen LogP contribution in [0.2, 0.25) is 0 Å². The first kappa shape index (κ1) is 32.4. The molecule has 0 unspecified atom stereocenters. The predicted molar refractivity (Wildman–Crippen MR) is 241 cm³/mol. The van der Waals surface area contributed by atoms with Crippen LogP contribution in [0.3, 0.4) is 0 Å². The van der Waals surface area contributed by atoms with E-state index in [1.165, 1.54) is 38.6 Å². The number of aromatic nitrogens is 1. The number of fused-ring (bicyclic) bond motifs is 9. The molecular weight excluding hydrogens is 709 g/mol. The molecule has 0 bridgehead atoms. The Morgan fingerprint density at radius 3 is 1.60 bits per heavy atom. The van der Waals surface area contributed by atoms with E-state index in [1.54, 1.807) is 0 Å². The number of para-hydroxylation sites is 5. The van der Waals surface area contributed by atoms with Gasteiger partial charge in [-0.3, -0.25) is 0 Å². The second-order valence-corrected chi connectivity index (χ2v) is 14.9. The lowest BCUT2D eigenvalue weighted by Gasteiger charge is -2.26. The van der Waals surface area contributed by atoms with E-state index in [1.807, 2.05) is 24.3 Å². The number of hydrogen-bond acceptors (Lipinski definition) is 3. The van der Waals surface area contributed by atoms with Crippen molar-refractivity contribution in [3.05, 3.63) is 206 Å². The maximum Gasteiger partial charge on any atom is 0.137 e. The molecular formula is C54H34N2O2. The van der Waals surface area contributed by atoms with Crippen molar-refractivity contribution in [3.8, 4) is 27.9 Å². The Balaban J connectivity index is 0.950. The number of benzene rings is 9. The summed E-state index contributed by atoms with van der Waals surface area (Å²) >= 11 is 0. The van der Waals surface area contributed by atoms with Crippen LogP contribution in [0, 0.1) is 0 Å². The summed E-state index contributed by atoms with van der Waals surface area (Å²) in [5.41, 5.74) is 14.9. The Morgan fingerprint density at radius 1 is 0.345 bits per heavy atom. The number of anilines is 3. The van der Waals surface area contributed by atoms with Crippen LogP contribution in [-0.4, -0.2) is 4.57 Å². The highest BCUT2D eigenvalue weighted by atomic mass is 16.3. The zero-order valence-corrected chi connectivity index (χ0v) is 31.3. The second-order valence-electron chi connectivity index (χ2n) is 14.9. The highest BCUT2D eigenvalue weighted by Gasteiger charge is 2.21. The van der Waals surface area contributed by atoms with Gasteiger partial charge in [-0.25, -0.2) is 0 Å². The fraction of sp³-hybridized carbons (Fsp3) is 0. The lowest BCUT2D eigenvalue weighted by Crippen LogP contribution is -2.10. The van der Waals surface area contributed by atoms with E-state index in [4.69, 9.17) is 8.83 Å². The Morgan fingerprint density at radius 2 is 0.862 bits per heavy atom. The molecule has 12 rings (SSSR count). The van der Waals surface area contributed by atoms with Crippen molar-refractivity contribution < 1.29 is 8.83 Å². The van der Waals surface area contributed by atoms with Gasteiger partial charge in [0.1, 0.15) is 22.3 Å². The first-order chi connectivity index (χ1) is 28.8. The standard InChI is InChI=1S/C54H34N2O2/c1-6-17-46(56-47-18-7-2-13-41(47)42-14-3-8-19-48(42)56)40(12-1)37-26-24-35(25-27-37)36-28-30-38(31-29-36)55(39-32-33-52-45(34-39)43-15-4-9-21-50(43)57-52)49-20-11-23-53-54(49)44-16-5-10-22-51(44)58-53/h1-34H. The van der Waals surface area contributed by atoms with Gasteiger partial charge in [0, 0.05) is 43.9 Å². The van der Waals surface area contributed by atoms with Crippen LogP contribution in [0.1, 0.15) is 0 Å². The number of nitrogens with zero attached hydrogens (tertiary/aromatic N) is 2. The van der Waals surface area contributed by atoms with Gasteiger partial charge in [0.25, 0.3) is 0 Å². The molecule has 272 valence electrons. The molecule has 0 atom stereocenters. The maximum absolute atomic E-state index is 6.37. The van der Waals surface area contributed by atoms with E-state index in [0.29, 0.717) is 0 Å². The van der Waals surface area contributed by atoms with Crippen molar-refractivity contribution in [3.63, 3.8) is 0 Å². The van der Waals surface area contributed by atoms with E-state index in [0.717, 1.165) is 72.1 Å². The van der Waals surface area contributed by atoms with Gasteiger partial charge in [0.15, 0.2) is 0 Å². The lowest BCUT2D eigenvalue weighted by molar-refractivity contribution is 0.668. The summed E-state index contributed by atoms with van der Waals surface area (Å²) in [6.45, 7) is 0. The molecule has 3 heterocycles. The molecule has 58 heavy (non-hydrogen) atoms. The van der Waals surface area contributed by atoms with Crippen LogP contribution in [0.15, 0.2) is 215 Å². The summed E-state index contributed by atoms with van der Waals surface area (Å²) in [4.78, 5) is 2.34. The van der Waals surface area contributed by atoms with E-state index < -0.39 is 0 Å². The van der Waals surface area contributed by atoms with Gasteiger partial charge in [-0.05, 0) is 89.5 Å². The summed E-state index contributed by atoms with van der Waals surface area (Å²) in [6, 6.07) is 73.3. The Bertz CT molecular complexity index is 3460. The van der Waals surface area contributed by atoms with Crippen molar-refractivity contribution in [2.45, 2.75) is 0 Å². The molecule has 0 N–H and O–H groups in total. The molecule has 12 aromatic rings. The highest BCUT2D eigenvalue weighted by molar-refractivity contribution is 6.14. The number of hydrogen-bond donors (Lipinski definition) is 0. The molecule has 0 aliphatic carbocycles. The van der Waals surface area contributed by atoms with Crippen molar-refractivity contribution in [1.82, 2.24) is 4.57 Å². The zero-order chi connectivity index (χ0) is 38.2. The van der Waals surface area contributed by atoms with Crippen LogP contribution in [0.4, 0.5) is 17.1 Å². The van der Waals surface area contributed by atoms with E-state index >= 15 is 0 Å². The average Bonchev–Trinajstić information content (AvgIpc) is 3.97. The van der Waals surface area contributed by atoms with Crippen LogP contribution in [-0.2, 0) is 0 Å². The Kier molecular flexibility index (Phi) is 7.20. The first-order valence-electron chi connectivity index (χ1n) is 19.7. The van der Waals surface area contributed by atoms with Crippen molar-refractivity contribution in [2.75, 3.05) is 4.90 Å². The van der Waals surface area contributed by atoms with Crippen LogP contribution in [0.5, 0.6) is 0 Å². The summed E-state index contributed by atoms with van der Waals surface area (Å²) < 4.78 is 15.0. The summed E-state index contributed by atoms with van der Waals surface area (Å²) in [5.74, 6) is 0. The van der Waals surface area contributed by atoms with Gasteiger partial charge in [0.05, 0.1) is 27.8 Å². The molecule has 4 nitrogen and oxygen atoms in total. The molecule has 0 saturated carbocycles. The van der Waals surface area contributed by atoms with Gasteiger partial charge in [-0.15, -0.1) is 0 Å². The fourth-order valence-electron chi connectivity index (χ4n) is 8.96. The third-order valence-corrected chi connectivity index (χ3v) is 11.6. The third-order valence-electron chi connectivity index (χ3n) is 11.6. The lowest BCUT2D eigenvalue weighted by atomic mass is 9.98. The number of furan rings is 2. The molecule has 9 aromatic carbocycles. The molecule has 0 aliphatic rings. The third kappa shape index (κ3) is 5.02. The minimum Gasteiger partial charge on any atom is -0.456 e. The van der Waals surface area contributed by atoms with Crippen LogP contribution >= 0.6 is 0 Å². The van der Waals surface area contributed by atoms with Gasteiger partial charge in [-0.2, -0.15) is 0 Å². The van der Waals surface area contributed by atoms with Crippen molar-refractivity contribution >= 4 is 82.7 Å². The Hall–Kier alpha value is -7.82. The fourth-order valence-corrected chi connectivity index (χ4v) is 8.96. The molecule has 3 aromatic heterocycles. The maximum atomic E-state index is 6.37. The van der Waals surface area contributed by atoms with Crippen LogP contribution < -0.4 is 4.90 Å². The zero-order valence-electron chi connectivity index (χ0n) is 31.3. The predicted octanol–water partition coefficient (Wildman–Crippen LogP) is 15.4. The molecule has 0 saturated heterocycles. The molecule has 0 amide bonds. The minimum atomic E-state index is 0.856. The second kappa shape index (κ2) is 12.9. The van der Waals surface area contributed by atoms with Gasteiger partial charge in [-0.1, -0.05) is 133 Å². The van der Waals surface area contributed by atoms with Crippen molar-refractivity contribution in [2.24, 2.45) is 0 Å².